The highest BCUT2D eigenvalue weighted by Gasteiger charge is 2.59. The molecule has 0 heterocycles. The summed E-state index contributed by atoms with van der Waals surface area (Å²) in [6.07, 6.45) is 2.11. The van der Waals surface area contributed by atoms with Gasteiger partial charge in [0.15, 0.2) is 6.10 Å². The average molecular weight is 298 g/mol. The molecule has 2 aliphatic rings. The molecule has 2 fully saturated rings. The van der Waals surface area contributed by atoms with E-state index in [4.69, 9.17) is 10.2 Å². The summed E-state index contributed by atoms with van der Waals surface area (Å²) in [5, 5.41) is 23.4. The van der Waals surface area contributed by atoms with Crippen LogP contribution in [-0.2, 0) is 4.79 Å². The zero-order valence-corrected chi connectivity index (χ0v) is 13.0. The molecule has 6 heteroatoms. The molecule has 0 aliphatic heterocycles. The molecule has 4 N–H and O–H groups in total. The fraction of sp³-hybridized carbons (Fsp3) is 0.867. The van der Waals surface area contributed by atoms with Gasteiger partial charge in [-0.3, -0.25) is 0 Å². The Bertz CT molecular complexity index is 433. The Labute approximate surface area is 125 Å². The fourth-order valence-corrected chi connectivity index (χ4v) is 4.29. The molecular formula is C15H26N2O4. The second-order valence-corrected chi connectivity index (χ2v) is 7.39. The van der Waals surface area contributed by atoms with E-state index in [0.717, 1.165) is 12.8 Å². The van der Waals surface area contributed by atoms with Crippen molar-refractivity contribution < 1.29 is 19.8 Å². The first-order valence-corrected chi connectivity index (χ1v) is 7.62. The number of aliphatic carboxylic acids is 1. The van der Waals surface area contributed by atoms with Crippen LogP contribution in [0.25, 0.3) is 0 Å². The summed E-state index contributed by atoms with van der Waals surface area (Å²) >= 11 is 0. The SMILES string of the molecule is CC12CCC(C1)C(C)(C)C2NC(=O)NCCC(O)C(=O)O. The second kappa shape index (κ2) is 5.48. The van der Waals surface area contributed by atoms with E-state index >= 15 is 0 Å². The monoisotopic (exact) mass is 298 g/mol. The van der Waals surface area contributed by atoms with Gasteiger partial charge in [-0.15, -0.1) is 0 Å². The Morgan fingerprint density at radius 3 is 2.52 bits per heavy atom. The van der Waals surface area contributed by atoms with Gasteiger partial charge >= 0.3 is 12.0 Å². The highest BCUT2D eigenvalue weighted by atomic mass is 16.4. The fourth-order valence-electron chi connectivity index (χ4n) is 4.29. The number of hydrogen-bond donors (Lipinski definition) is 4. The second-order valence-electron chi connectivity index (χ2n) is 7.39. The van der Waals surface area contributed by atoms with Crippen molar-refractivity contribution in [3.05, 3.63) is 0 Å². The number of hydrogen-bond acceptors (Lipinski definition) is 3. The van der Waals surface area contributed by atoms with Crippen molar-refractivity contribution in [3.8, 4) is 0 Å². The van der Waals surface area contributed by atoms with E-state index < -0.39 is 12.1 Å². The van der Waals surface area contributed by atoms with Crippen LogP contribution >= 0.6 is 0 Å². The van der Waals surface area contributed by atoms with Gasteiger partial charge in [0, 0.05) is 19.0 Å². The first-order chi connectivity index (χ1) is 9.67. The topological polar surface area (TPSA) is 98.7 Å². The minimum atomic E-state index is -1.43. The Morgan fingerprint density at radius 2 is 2.00 bits per heavy atom. The summed E-state index contributed by atoms with van der Waals surface area (Å²) in [5.41, 5.74) is 0.247. The minimum Gasteiger partial charge on any atom is -0.479 e. The lowest BCUT2D eigenvalue weighted by Gasteiger charge is -2.43. The van der Waals surface area contributed by atoms with Crippen LogP contribution in [0.15, 0.2) is 0 Å². The highest BCUT2D eigenvalue weighted by Crippen LogP contribution is 2.62. The molecule has 0 aromatic rings. The molecule has 0 radical (unpaired) electrons. The predicted molar refractivity (Wildman–Crippen MR) is 77.8 cm³/mol. The van der Waals surface area contributed by atoms with Gasteiger partial charge in [-0.25, -0.2) is 9.59 Å². The van der Waals surface area contributed by atoms with E-state index in [1.54, 1.807) is 0 Å². The van der Waals surface area contributed by atoms with Crippen LogP contribution < -0.4 is 10.6 Å². The van der Waals surface area contributed by atoms with Crippen LogP contribution in [0.5, 0.6) is 0 Å². The number of carboxylic acids is 1. The molecule has 2 amide bonds. The van der Waals surface area contributed by atoms with E-state index in [-0.39, 0.29) is 35.9 Å². The molecule has 0 aromatic heterocycles. The van der Waals surface area contributed by atoms with Crippen molar-refractivity contribution in [3.63, 3.8) is 0 Å². The summed E-state index contributed by atoms with van der Waals surface area (Å²) in [6, 6.07) is -0.146. The first kappa shape index (κ1) is 16.1. The standard InChI is InChI=1S/C15H26N2O4/c1-14(2)9-4-6-15(3,8-9)12(14)17-13(21)16-7-5-10(18)11(19)20/h9-10,12,18H,4-8H2,1-3H3,(H,19,20)(H2,16,17,21). The summed E-state index contributed by atoms with van der Waals surface area (Å²) in [7, 11) is 0. The quantitative estimate of drug-likeness (QED) is 0.615. The number of carboxylic acid groups (broad SMARTS) is 1. The number of rotatable bonds is 5. The Kier molecular flexibility index (Phi) is 4.19. The predicted octanol–water partition coefficient (Wildman–Crippen LogP) is 1.34. The van der Waals surface area contributed by atoms with Gasteiger partial charge in [-0.05, 0) is 36.0 Å². The average Bonchev–Trinajstić information content (AvgIpc) is 2.85. The number of aliphatic hydroxyl groups is 1. The lowest BCUT2D eigenvalue weighted by Crippen LogP contribution is -2.55. The molecule has 2 aliphatic carbocycles. The number of aliphatic hydroxyl groups excluding tert-OH is 1. The van der Waals surface area contributed by atoms with Crippen molar-refractivity contribution in [1.29, 1.82) is 0 Å². The van der Waals surface area contributed by atoms with Crippen LogP contribution in [0.4, 0.5) is 4.79 Å². The zero-order chi connectivity index (χ0) is 15.8. The number of nitrogens with one attached hydrogen (secondary N) is 2. The van der Waals surface area contributed by atoms with Crippen LogP contribution in [0, 0.1) is 16.7 Å². The van der Waals surface area contributed by atoms with Gasteiger partial charge in [0.05, 0.1) is 0 Å². The van der Waals surface area contributed by atoms with Gasteiger partial charge < -0.3 is 20.8 Å². The number of carbonyl (C=O) groups is 2. The minimum absolute atomic E-state index is 0.0106. The van der Waals surface area contributed by atoms with E-state index in [9.17, 15) is 9.59 Å². The van der Waals surface area contributed by atoms with Gasteiger partial charge in [-0.1, -0.05) is 20.8 Å². The third kappa shape index (κ3) is 3.00. The lowest BCUT2D eigenvalue weighted by molar-refractivity contribution is -0.146. The van der Waals surface area contributed by atoms with E-state index in [0.29, 0.717) is 5.92 Å². The summed E-state index contributed by atoms with van der Waals surface area (Å²) in [5.74, 6) is -0.611. The molecule has 2 bridgehead atoms. The van der Waals surface area contributed by atoms with Crippen molar-refractivity contribution in [2.75, 3.05) is 6.54 Å². The van der Waals surface area contributed by atoms with Crippen LogP contribution in [0.1, 0.15) is 46.5 Å². The smallest absolute Gasteiger partial charge is 0.332 e. The van der Waals surface area contributed by atoms with Crippen molar-refractivity contribution in [2.45, 2.75) is 58.6 Å². The maximum atomic E-state index is 12.0. The maximum absolute atomic E-state index is 12.0. The third-order valence-corrected chi connectivity index (χ3v) is 5.53. The van der Waals surface area contributed by atoms with Gasteiger partial charge in [0.2, 0.25) is 0 Å². The molecule has 4 unspecified atom stereocenters. The van der Waals surface area contributed by atoms with Crippen molar-refractivity contribution in [1.82, 2.24) is 10.6 Å². The van der Waals surface area contributed by atoms with Gasteiger partial charge in [0.1, 0.15) is 0 Å². The Morgan fingerprint density at radius 1 is 1.33 bits per heavy atom. The molecule has 0 spiro atoms. The normalized spacial score (nSPS) is 34.5. The molecule has 6 nitrogen and oxygen atoms in total. The largest absolute Gasteiger partial charge is 0.479 e. The third-order valence-electron chi connectivity index (χ3n) is 5.53. The molecule has 0 aromatic carbocycles. The lowest BCUT2D eigenvalue weighted by atomic mass is 9.68. The molecule has 21 heavy (non-hydrogen) atoms. The number of fused-ring (bicyclic) bond motifs is 2. The van der Waals surface area contributed by atoms with Crippen molar-refractivity contribution in [2.24, 2.45) is 16.7 Å². The van der Waals surface area contributed by atoms with Crippen LogP contribution in [-0.4, -0.2) is 40.9 Å². The highest BCUT2D eigenvalue weighted by molar-refractivity contribution is 5.75. The van der Waals surface area contributed by atoms with Gasteiger partial charge in [0.25, 0.3) is 0 Å². The maximum Gasteiger partial charge on any atom is 0.332 e. The molecule has 120 valence electrons. The molecule has 0 saturated heterocycles. The van der Waals surface area contributed by atoms with Crippen LogP contribution in [0.2, 0.25) is 0 Å². The number of urea groups is 1. The first-order valence-electron chi connectivity index (χ1n) is 7.62. The van der Waals surface area contributed by atoms with E-state index in [2.05, 4.69) is 31.4 Å². The summed E-state index contributed by atoms with van der Waals surface area (Å²) in [4.78, 5) is 22.5. The molecule has 2 rings (SSSR count). The van der Waals surface area contributed by atoms with E-state index in [1.807, 2.05) is 0 Å². The van der Waals surface area contributed by atoms with E-state index in [1.165, 1.54) is 6.42 Å². The van der Waals surface area contributed by atoms with Gasteiger partial charge in [-0.2, -0.15) is 0 Å². The molecule has 2 saturated carbocycles. The van der Waals surface area contributed by atoms with Crippen LogP contribution in [0.3, 0.4) is 0 Å². The summed E-state index contributed by atoms with van der Waals surface area (Å²) in [6.45, 7) is 6.80. The van der Waals surface area contributed by atoms with Crippen molar-refractivity contribution >= 4 is 12.0 Å². The number of carbonyl (C=O) groups excluding carboxylic acids is 1. The Hall–Kier alpha value is -1.30. The number of amides is 2. The molecular weight excluding hydrogens is 272 g/mol. The Balaban J connectivity index is 1.84. The summed E-state index contributed by atoms with van der Waals surface area (Å²) < 4.78 is 0. The molecule has 4 atom stereocenters. The zero-order valence-electron chi connectivity index (χ0n) is 13.0.